The molecule has 2 aromatic rings. The number of carbonyl (C=O) groups is 3. The molecule has 17 heteroatoms. The van der Waals surface area contributed by atoms with Gasteiger partial charge in [0.2, 0.25) is 11.5 Å². The summed E-state index contributed by atoms with van der Waals surface area (Å²) in [6, 6.07) is 4.51. The van der Waals surface area contributed by atoms with E-state index in [9.17, 15) is 19.5 Å². The van der Waals surface area contributed by atoms with Gasteiger partial charge in [0.25, 0.3) is 11.8 Å². The van der Waals surface area contributed by atoms with Crippen LogP contribution in [-0.4, -0.2) is 72.5 Å². The largest absolute Gasteiger partial charge is 0.543 e. The predicted octanol–water partition coefficient (Wildman–Crippen LogP) is -2.81. The van der Waals surface area contributed by atoms with Crippen LogP contribution in [0.5, 0.6) is 0 Å². The van der Waals surface area contributed by atoms with Gasteiger partial charge in [-0.1, -0.05) is 23.9 Å². The fourth-order valence-electron chi connectivity index (χ4n) is 3.43. The Morgan fingerprint density at radius 2 is 2.05 bits per heavy atom. The number of β-lactam (4-membered cyclic amide) rings is 1. The number of fused-ring (bicyclic) bond motifs is 1. The smallest absolute Gasteiger partial charge is 0.278 e. The third-order valence-electron chi connectivity index (χ3n) is 4.89. The van der Waals surface area contributed by atoms with Crippen LogP contribution in [0.4, 0.5) is 5.13 Å². The number of carbonyl (C=O) groups excluding carboxylic acids is 3. The number of oxime groups is 1. The highest BCUT2D eigenvalue weighted by Gasteiger charge is 2.53. The number of hydrogen-bond acceptors (Lipinski definition) is 11. The summed E-state index contributed by atoms with van der Waals surface area (Å²) >= 11 is 2.21. The second kappa shape index (κ2) is 13.7. The van der Waals surface area contributed by atoms with E-state index in [1.807, 2.05) is 18.2 Å². The number of pyridine rings is 1. The van der Waals surface area contributed by atoms with Gasteiger partial charge in [0, 0.05) is 35.0 Å². The van der Waals surface area contributed by atoms with E-state index in [2.05, 4.69) is 26.4 Å². The Kier molecular flexibility index (Phi) is 11.6. The number of rotatable bonds is 9. The van der Waals surface area contributed by atoms with Crippen LogP contribution in [0.25, 0.3) is 0 Å². The number of nitrogen functional groups attached to an aromatic ring is 1. The van der Waals surface area contributed by atoms with Gasteiger partial charge in [0.15, 0.2) is 24.1 Å². The molecule has 0 aliphatic carbocycles. The first-order chi connectivity index (χ1) is 16.4. The molecule has 0 aromatic carbocycles. The van der Waals surface area contributed by atoms with Gasteiger partial charge >= 0.3 is 0 Å². The van der Waals surface area contributed by atoms with Crippen molar-refractivity contribution in [2.24, 2.45) is 5.16 Å². The Bertz CT molecular complexity index is 1210. The van der Waals surface area contributed by atoms with Crippen LogP contribution in [0, 0.1) is 0 Å². The summed E-state index contributed by atoms with van der Waals surface area (Å²) in [4.78, 5) is 47.8. The molecular weight excluding hydrogens is 550 g/mol. The molecule has 4 heterocycles. The molecular formula is C20H24ClN7O7S2. The summed E-state index contributed by atoms with van der Waals surface area (Å²) in [5.41, 5.74) is 5.70. The van der Waals surface area contributed by atoms with E-state index in [4.69, 9.17) is 10.6 Å². The monoisotopic (exact) mass is 573 g/mol. The van der Waals surface area contributed by atoms with Crippen LogP contribution in [0.2, 0.25) is 0 Å². The zero-order valence-corrected chi connectivity index (χ0v) is 21.5. The quantitative estimate of drug-likeness (QED) is 0.0785. The number of thioether (sulfide) groups is 1. The molecule has 2 aliphatic rings. The molecule has 0 saturated carbocycles. The Balaban J connectivity index is 0.00000228. The number of carboxylic acids is 1. The molecule has 2 aliphatic heterocycles. The standard InChI is InChI=1S/C20H19N7O5S2.ClH.2H2O/c1-2-8-32-24-12(15-23-20(21)34-25-15)16(28)22-13-17(29)27-14(19(30)31)11(10-33-18(13)27)9-26-6-4-3-5-7-26;;;/h2-7,13,18H,1,8-10H2,(H3-,21,22,23,25,28,30,31);1H;2*1H2/t13?,18-;;;/m0.../s1. The fourth-order valence-corrected chi connectivity index (χ4v) is 5.20. The number of aromatic nitrogens is 3. The molecule has 200 valence electrons. The maximum absolute atomic E-state index is 12.9. The number of nitrogens with one attached hydrogen (secondary N) is 1. The number of carboxylic acid groups (broad SMARTS) is 1. The molecule has 0 radical (unpaired) electrons. The first kappa shape index (κ1) is 31.5. The third kappa shape index (κ3) is 6.60. The summed E-state index contributed by atoms with van der Waals surface area (Å²) in [5.74, 6) is -2.49. The van der Waals surface area contributed by atoms with Gasteiger partial charge in [0.1, 0.15) is 18.0 Å². The van der Waals surface area contributed by atoms with Gasteiger partial charge in [-0.25, -0.2) is 4.57 Å². The van der Waals surface area contributed by atoms with Crippen LogP contribution in [0.15, 0.2) is 59.7 Å². The lowest BCUT2D eigenvalue weighted by molar-refractivity contribution is -0.689. The second-order valence-corrected chi connectivity index (χ2v) is 9.02. The summed E-state index contributed by atoms with van der Waals surface area (Å²) in [7, 11) is 0. The van der Waals surface area contributed by atoms with E-state index in [1.165, 1.54) is 17.8 Å². The Labute approximate surface area is 225 Å². The number of halogens is 1. The molecule has 37 heavy (non-hydrogen) atoms. The van der Waals surface area contributed by atoms with Gasteiger partial charge in [0.05, 0.1) is 11.7 Å². The van der Waals surface area contributed by atoms with Crippen LogP contribution in [-0.2, 0) is 25.8 Å². The Hall–Kier alpha value is -3.57. The molecule has 14 nitrogen and oxygen atoms in total. The minimum Gasteiger partial charge on any atom is -0.543 e. The number of amides is 2. The lowest BCUT2D eigenvalue weighted by Gasteiger charge is -2.50. The van der Waals surface area contributed by atoms with E-state index < -0.39 is 29.2 Å². The number of anilines is 1. The van der Waals surface area contributed by atoms with E-state index >= 15 is 0 Å². The summed E-state index contributed by atoms with van der Waals surface area (Å²) in [5, 5.41) is 17.8. The van der Waals surface area contributed by atoms with E-state index in [-0.39, 0.29) is 52.3 Å². The molecule has 0 spiro atoms. The van der Waals surface area contributed by atoms with Crippen LogP contribution in [0.3, 0.4) is 0 Å². The highest BCUT2D eigenvalue weighted by Crippen LogP contribution is 2.40. The van der Waals surface area contributed by atoms with Crippen molar-refractivity contribution in [1.82, 2.24) is 19.6 Å². The van der Waals surface area contributed by atoms with Gasteiger partial charge in [-0.3, -0.25) is 14.5 Å². The van der Waals surface area contributed by atoms with Crippen molar-refractivity contribution in [2.75, 3.05) is 18.1 Å². The zero-order chi connectivity index (χ0) is 24.2. The molecule has 1 unspecified atom stereocenters. The van der Waals surface area contributed by atoms with Crippen molar-refractivity contribution in [3.8, 4) is 0 Å². The fraction of sp³-hybridized carbons (Fsp3) is 0.250. The number of nitrogens with two attached hydrogens (primary N) is 1. The number of nitrogens with zero attached hydrogens (tertiary/aromatic N) is 5. The first-order valence-electron chi connectivity index (χ1n) is 9.94. The van der Waals surface area contributed by atoms with Crippen molar-refractivity contribution >= 4 is 64.3 Å². The van der Waals surface area contributed by atoms with Crippen LogP contribution in [0.1, 0.15) is 5.82 Å². The molecule has 2 aromatic heterocycles. The second-order valence-electron chi connectivity index (χ2n) is 7.13. The molecule has 1 saturated heterocycles. The highest BCUT2D eigenvalue weighted by atomic mass is 35.5. The van der Waals surface area contributed by atoms with E-state index in [1.54, 1.807) is 17.0 Å². The van der Waals surface area contributed by atoms with Crippen LogP contribution < -0.4 is 20.7 Å². The highest BCUT2D eigenvalue weighted by molar-refractivity contribution is 8.00. The molecule has 7 N–H and O–H groups in total. The lowest BCUT2D eigenvalue weighted by atomic mass is 10.0. The average Bonchev–Trinajstić information content (AvgIpc) is 3.26. The normalized spacial score (nSPS) is 18.2. The molecule has 1 fully saturated rings. The first-order valence-corrected chi connectivity index (χ1v) is 11.8. The van der Waals surface area contributed by atoms with Gasteiger partial charge in [-0.15, -0.1) is 24.2 Å². The Morgan fingerprint density at radius 1 is 1.35 bits per heavy atom. The minimum absolute atomic E-state index is 0. The summed E-state index contributed by atoms with van der Waals surface area (Å²) in [6.07, 6.45) is 5.03. The SMILES string of the molecule is C=CCON=C(C(=O)NC1C(=O)N2C(C(=O)[O-])=C(C[n+]3ccccc3)CS[C@@H]12)c1nsc(N)n1.Cl.O.O. The lowest BCUT2D eigenvalue weighted by Crippen LogP contribution is -2.71. The predicted molar refractivity (Wildman–Crippen MR) is 135 cm³/mol. The minimum atomic E-state index is -1.45. The topological polar surface area (TPSA) is 230 Å². The molecule has 2 amide bonds. The molecule has 4 rings (SSSR count). The van der Waals surface area contributed by atoms with E-state index in [0.717, 1.165) is 16.4 Å². The van der Waals surface area contributed by atoms with Crippen molar-refractivity contribution in [3.05, 3.63) is 60.3 Å². The van der Waals surface area contributed by atoms with Crippen molar-refractivity contribution in [2.45, 2.75) is 18.0 Å². The zero-order valence-electron chi connectivity index (χ0n) is 19.0. The molecule has 2 atom stereocenters. The molecule has 0 bridgehead atoms. The maximum atomic E-state index is 12.9. The van der Waals surface area contributed by atoms with Crippen LogP contribution >= 0.6 is 35.7 Å². The van der Waals surface area contributed by atoms with Crippen molar-refractivity contribution < 1.29 is 39.8 Å². The summed E-state index contributed by atoms with van der Waals surface area (Å²) in [6.45, 7) is 3.83. The van der Waals surface area contributed by atoms with Crippen molar-refractivity contribution in [3.63, 3.8) is 0 Å². The number of aliphatic carboxylic acids is 1. The average molecular weight is 574 g/mol. The van der Waals surface area contributed by atoms with Gasteiger partial charge in [-0.05, 0) is 0 Å². The van der Waals surface area contributed by atoms with Crippen molar-refractivity contribution in [1.29, 1.82) is 0 Å². The van der Waals surface area contributed by atoms with E-state index in [0.29, 0.717) is 17.9 Å². The third-order valence-corrected chi connectivity index (χ3v) is 6.78. The summed E-state index contributed by atoms with van der Waals surface area (Å²) < 4.78 is 5.77. The van der Waals surface area contributed by atoms with Gasteiger partial charge < -0.3 is 36.7 Å². The van der Waals surface area contributed by atoms with Gasteiger partial charge in [-0.2, -0.15) is 9.36 Å². The number of hydrogen-bond donors (Lipinski definition) is 2. The maximum Gasteiger partial charge on any atom is 0.278 e. The Morgan fingerprint density at radius 3 is 2.65 bits per heavy atom.